The molecular formula is C26H35N3O5S. The molecule has 1 aliphatic heterocycles. The number of nitrogens with zero attached hydrogens (tertiary/aromatic N) is 1. The van der Waals surface area contributed by atoms with Crippen molar-refractivity contribution in [2.24, 2.45) is 5.92 Å². The smallest absolute Gasteiger partial charge is 0.252 e. The fourth-order valence-corrected chi connectivity index (χ4v) is 5.76. The van der Waals surface area contributed by atoms with Crippen molar-refractivity contribution in [3.05, 3.63) is 65.2 Å². The molecule has 2 amide bonds. The Morgan fingerprint density at radius 2 is 1.71 bits per heavy atom. The fraction of sp³-hybridized carbons (Fsp3) is 0.462. The average Bonchev–Trinajstić information content (AvgIpc) is 2.85. The van der Waals surface area contributed by atoms with E-state index in [0.29, 0.717) is 38.0 Å². The molecule has 0 unspecified atom stereocenters. The van der Waals surface area contributed by atoms with Crippen molar-refractivity contribution in [2.45, 2.75) is 44.0 Å². The lowest BCUT2D eigenvalue weighted by Crippen LogP contribution is -2.54. The summed E-state index contributed by atoms with van der Waals surface area (Å²) in [7, 11) is -2.01. The van der Waals surface area contributed by atoms with E-state index in [9.17, 15) is 18.0 Å². The predicted octanol–water partition coefficient (Wildman–Crippen LogP) is 2.66. The van der Waals surface area contributed by atoms with Crippen LogP contribution in [0, 0.1) is 19.8 Å². The number of hydrogen-bond donors (Lipinski definition) is 2. The number of nitrogens with one attached hydrogen (secondary N) is 2. The Labute approximate surface area is 208 Å². The van der Waals surface area contributed by atoms with Gasteiger partial charge in [0.05, 0.1) is 4.90 Å². The molecule has 35 heavy (non-hydrogen) atoms. The van der Waals surface area contributed by atoms with Crippen LogP contribution in [0.1, 0.15) is 40.7 Å². The van der Waals surface area contributed by atoms with Crippen molar-refractivity contribution in [1.29, 1.82) is 0 Å². The number of carbonyl (C=O) groups is 2. The number of aryl methyl sites for hydroxylation is 2. The first-order chi connectivity index (χ1) is 16.7. The molecule has 0 aliphatic carbocycles. The number of hydrogen-bond acceptors (Lipinski definition) is 5. The van der Waals surface area contributed by atoms with Gasteiger partial charge >= 0.3 is 0 Å². The first-order valence-electron chi connectivity index (χ1n) is 11.9. The fourth-order valence-electron chi connectivity index (χ4n) is 4.29. The van der Waals surface area contributed by atoms with E-state index in [0.717, 1.165) is 11.1 Å². The van der Waals surface area contributed by atoms with Gasteiger partial charge in [0.15, 0.2) is 0 Å². The third-order valence-corrected chi connectivity index (χ3v) is 8.32. The summed E-state index contributed by atoms with van der Waals surface area (Å²) in [6, 6.07) is 13.3. The molecule has 190 valence electrons. The highest BCUT2D eigenvalue weighted by molar-refractivity contribution is 7.89. The van der Waals surface area contributed by atoms with Gasteiger partial charge in [0.2, 0.25) is 15.9 Å². The summed E-state index contributed by atoms with van der Waals surface area (Å²) in [5, 5.41) is 5.82. The lowest BCUT2D eigenvalue weighted by Gasteiger charge is -2.35. The molecule has 0 saturated carbocycles. The Morgan fingerprint density at radius 1 is 1.06 bits per heavy atom. The van der Waals surface area contributed by atoms with Gasteiger partial charge in [0.25, 0.3) is 5.91 Å². The standard InChI is InChI=1S/C26H35N3O5S/c1-19-9-11-22(12-10-19)35(32,33)29-16-13-21(14-17-29)24(26(31)27-15-6-18-34-3)28-25(30)23-8-5-4-7-20(23)2/h4-5,7-12,21,24H,6,13-18H2,1-3H3,(H,27,31)(H,28,30)/t24-/m0/s1. The summed E-state index contributed by atoms with van der Waals surface area (Å²) in [6.45, 7) is 5.29. The maximum atomic E-state index is 13.1. The van der Waals surface area contributed by atoms with Crippen LogP contribution in [0.2, 0.25) is 0 Å². The number of amides is 2. The van der Waals surface area contributed by atoms with Crippen LogP contribution in [0.5, 0.6) is 0 Å². The number of methoxy groups -OCH3 is 1. The van der Waals surface area contributed by atoms with Crippen LogP contribution >= 0.6 is 0 Å². The van der Waals surface area contributed by atoms with Crippen LogP contribution in [0.3, 0.4) is 0 Å². The van der Waals surface area contributed by atoms with Crippen LogP contribution in [-0.4, -0.2) is 63.9 Å². The van der Waals surface area contributed by atoms with Crippen molar-refractivity contribution in [1.82, 2.24) is 14.9 Å². The average molecular weight is 502 g/mol. The molecule has 1 aliphatic rings. The van der Waals surface area contributed by atoms with Crippen LogP contribution in [-0.2, 0) is 19.6 Å². The first-order valence-corrected chi connectivity index (χ1v) is 13.4. The number of benzene rings is 2. The van der Waals surface area contributed by atoms with Gasteiger partial charge < -0.3 is 15.4 Å². The summed E-state index contributed by atoms with van der Waals surface area (Å²) < 4.78 is 32.7. The molecule has 8 nitrogen and oxygen atoms in total. The molecule has 1 heterocycles. The highest BCUT2D eigenvalue weighted by Gasteiger charge is 2.36. The molecule has 0 bridgehead atoms. The summed E-state index contributed by atoms with van der Waals surface area (Å²) in [6.07, 6.45) is 1.60. The summed E-state index contributed by atoms with van der Waals surface area (Å²) >= 11 is 0. The van der Waals surface area contributed by atoms with Gasteiger partial charge in [-0.1, -0.05) is 35.9 Å². The Bertz CT molecular complexity index is 1110. The van der Waals surface area contributed by atoms with Crippen LogP contribution < -0.4 is 10.6 Å². The van der Waals surface area contributed by atoms with Crippen LogP contribution in [0.4, 0.5) is 0 Å². The molecule has 1 atom stereocenters. The van der Waals surface area contributed by atoms with Crippen LogP contribution in [0.15, 0.2) is 53.4 Å². The van der Waals surface area contributed by atoms with Gasteiger partial charge in [-0.15, -0.1) is 0 Å². The van der Waals surface area contributed by atoms with Crippen molar-refractivity contribution < 1.29 is 22.7 Å². The summed E-state index contributed by atoms with van der Waals surface area (Å²) in [4.78, 5) is 26.4. The zero-order valence-corrected chi connectivity index (χ0v) is 21.4. The molecule has 0 aromatic heterocycles. The quantitative estimate of drug-likeness (QED) is 0.487. The molecule has 2 N–H and O–H groups in total. The van der Waals surface area contributed by atoms with E-state index in [-0.39, 0.29) is 35.7 Å². The first kappa shape index (κ1) is 26.8. The highest BCUT2D eigenvalue weighted by atomic mass is 32.2. The molecule has 1 fully saturated rings. The number of piperidine rings is 1. The van der Waals surface area contributed by atoms with E-state index in [1.54, 1.807) is 43.5 Å². The van der Waals surface area contributed by atoms with Crippen LogP contribution in [0.25, 0.3) is 0 Å². The van der Waals surface area contributed by atoms with Crippen molar-refractivity contribution in [3.63, 3.8) is 0 Å². The highest BCUT2D eigenvalue weighted by Crippen LogP contribution is 2.26. The maximum Gasteiger partial charge on any atom is 0.252 e. The maximum absolute atomic E-state index is 13.1. The van der Waals surface area contributed by atoms with E-state index >= 15 is 0 Å². The third kappa shape index (κ3) is 6.90. The second-order valence-corrected chi connectivity index (χ2v) is 10.9. The Hall–Kier alpha value is -2.75. The minimum atomic E-state index is -3.61. The van der Waals surface area contributed by atoms with Crippen molar-refractivity contribution in [2.75, 3.05) is 33.4 Å². The van der Waals surface area contributed by atoms with E-state index in [2.05, 4.69) is 10.6 Å². The minimum Gasteiger partial charge on any atom is -0.385 e. The molecule has 2 aromatic carbocycles. The predicted molar refractivity (Wildman–Crippen MR) is 135 cm³/mol. The van der Waals surface area contributed by atoms with Gasteiger partial charge in [-0.05, 0) is 62.8 Å². The van der Waals surface area contributed by atoms with Gasteiger partial charge in [-0.3, -0.25) is 9.59 Å². The van der Waals surface area contributed by atoms with Gasteiger partial charge in [0.1, 0.15) is 6.04 Å². The summed E-state index contributed by atoms with van der Waals surface area (Å²) in [5.41, 5.74) is 2.33. The Balaban J connectivity index is 1.71. The van der Waals surface area contributed by atoms with E-state index in [1.807, 2.05) is 26.0 Å². The monoisotopic (exact) mass is 501 g/mol. The molecule has 1 saturated heterocycles. The van der Waals surface area contributed by atoms with Gasteiger partial charge in [0, 0.05) is 38.9 Å². The van der Waals surface area contributed by atoms with E-state index in [1.165, 1.54) is 4.31 Å². The molecule has 3 rings (SSSR count). The molecular weight excluding hydrogens is 466 g/mol. The zero-order valence-electron chi connectivity index (χ0n) is 20.6. The number of ether oxygens (including phenoxy) is 1. The Kier molecular flexibility index (Phi) is 9.42. The van der Waals surface area contributed by atoms with E-state index in [4.69, 9.17) is 4.74 Å². The van der Waals surface area contributed by atoms with Gasteiger partial charge in [-0.25, -0.2) is 8.42 Å². The molecule has 2 aromatic rings. The number of sulfonamides is 1. The SMILES string of the molecule is COCCCNC(=O)[C@@H](NC(=O)c1ccccc1C)C1CCN(S(=O)(=O)c2ccc(C)cc2)CC1. The molecule has 0 radical (unpaired) electrons. The number of rotatable bonds is 10. The molecule has 0 spiro atoms. The second kappa shape index (κ2) is 12.3. The lowest BCUT2D eigenvalue weighted by molar-refractivity contribution is -0.124. The zero-order chi connectivity index (χ0) is 25.4. The largest absolute Gasteiger partial charge is 0.385 e. The molecule has 9 heteroatoms. The number of carbonyl (C=O) groups excluding carboxylic acids is 2. The lowest BCUT2D eigenvalue weighted by atomic mass is 9.89. The second-order valence-electron chi connectivity index (χ2n) is 8.96. The third-order valence-electron chi connectivity index (χ3n) is 6.41. The van der Waals surface area contributed by atoms with E-state index < -0.39 is 16.1 Å². The minimum absolute atomic E-state index is 0.185. The van der Waals surface area contributed by atoms with Crippen molar-refractivity contribution in [3.8, 4) is 0 Å². The Morgan fingerprint density at radius 3 is 2.34 bits per heavy atom. The normalized spacial score (nSPS) is 16.0. The van der Waals surface area contributed by atoms with Crippen molar-refractivity contribution >= 4 is 21.8 Å². The summed E-state index contributed by atoms with van der Waals surface area (Å²) in [5.74, 6) is -0.757. The van der Waals surface area contributed by atoms with Gasteiger partial charge in [-0.2, -0.15) is 4.31 Å². The topological polar surface area (TPSA) is 105 Å².